The summed E-state index contributed by atoms with van der Waals surface area (Å²) in [6, 6.07) is 12.8. The van der Waals surface area contributed by atoms with Gasteiger partial charge in [-0.05, 0) is 30.3 Å². The van der Waals surface area contributed by atoms with Gasteiger partial charge in [-0.1, -0.05) is 35.3 Å². The maximum Gasteiger partial charge on any atom is 0.233 e. The molecule has 0 aliphatic carbocycles. The van der Waals surface area contributed by atoms with Crippen LogP contribution in [0.5, 0.6) is 0 Å². The SMILES string of the molecule is O=C1CCNc2ccccc2N1c1cc(Cl)ccc1Cl. The smallest absolute Gasteiger partial charge is 0.233 e. The minimum Gasteiger partial charge on any atom is -0.383 e. The maximum atomic E-state index is 12.4. The van der Waals surface area contributed by atoms with Crippen LogP contribution in [-0.2, 0) is 4.79 Å². The van der Waals surface area contributed by atoms with Gasteiger partial charge in [0.15, 0.2) is 0 Å². The zero-order valence-electron chi connectivity index (χ0n) is 10.6. The summed E-state index contributed by atoms with van der Waals surface area (Å²) in [5, 5.41) is 4.30. The zero-order chi connectivity index (χ0) is 14.1. The standard InChI is InChI=1S/C15H12Cl2N2O/c16-10-5-6-11(17)14(9-10)19-13-4-2-1-3-12(13)18-8-7-15(19)20/h1-6,9,18H,7-8H2. The molecule has 0 bridgehead atoms. The van der Waals surface area contributed by atoms with Crippen LogP contribution in [0.2, 0.25) is 10.0 Å². The number of fused-ring (bicyclic) bond motifs is 1. The fourth-order valence-electron chi connectivity index (χ4n) is 2.29. The van der Waals surface area contributed by atoms with Crippen LogP contribution in [0, 0.1) is 0 Å². The molecule has 0 unspecified atom stereocenters. The van der Waals surface area contributed by atoms with E-state index in [0.29, 0.717) is 28.7 Å². The number of nitrogens with one attached hydrogen (secondary N) is 1. The van der Waals surface area contributed by atoms with Crippen molar-refractivity contribution < 1.29 is 4.79 Å². The van der Waals surface area contributed by atoms with Crippen LogP contribution in [0.4, 0.5) is 17.1 Å². The summed E-state index contributed by atoms with van der Waals surface area (Å²) in [4.78, 5) is 14.1. The quantitative estimate of drug-likeness (QED) is 0.843. The van der Waals surface area contributed by atoms with Gasteiger partial charge in [-0.3, -0.25) is 9.69 Å². The molecule has 102 valence electrons. The minimum absolute atomic E-state index is 0.00776. The van der Waals surface area contributed by atoms with E-state index in [1.54, 1.807) is 23.1 Å². The van der Waals surface area contributed by atoms with Gasteiger partial charge in [-0.15, -0.1) is 0 Å². The van der Waals surface area contributed by atoms with E-state index in [9.17, 15) is 4.79 Å². The normalized spacial score (nSPS) is 14.5. The summed E-state index contributed by atoms with van der Waals surface area (Å²) < 4.78 is 0. The summed E-state index contributed by atoms with van der Waals surface area (Å²) in [5.41, 5.74) is 2.31. The van der Waals surface area contributed by atoms with Gasteiger partial charge in [0, 0.05) is 18.0 Å². The van der Waals surface area contributed by atoms with Crippen LogP contribution in [0.25, 0.3) is 0 Å². The van der Waals surface area contributed by atoms with Gasteiger partial charge >= 0.3 is 0 Å². The van der Waals surface area contributed by atoms with Crippen molar-refractivity contribution in [3.8, 4) is 0 Å². The van der Waals surface area contributed by atoms with Crippen LogP contribution < -0.4 is 10.2 Å². The summed E-state index contributed by atoms with van der Waals surface area (Å²) in [6.45, 7) is 0.602. The average Bonchev–Trinajstić information content (AvgIpc) is 2.60. The molecule has 0 saturated heterocycles. The largest absolute Gasteiger partial charge is 0.383 e. The third-order valence-corrected chi connectivity index (χ3v) is 3.75. The van der Waals surface area contributed by atoms with Crippen LogP contribution in [0.15, 0.2) is 42.5 Å². The van der Waals surface area contributed by atoms with Crippen molar-refractivity contribution >= 4 is 46.2 Å². The van der Waals surface area contributed by atoms with Gasteiger partial charge < -0.3 is 5.32 Å². The van der Waals surface area contributed by atoms with E-state index in [1.165, 1.54) is 0 Å². The average molecular weight is 307 g/mol. The number of anilines is 3. The Labute approximate surface area is 127 Å². The highest BCUT2D eigenvalue weighted by Crippen LogP contribution is 2.39. The molecule has 0 saturated carbocycles. The minimum atomic E-state index is -0.00776. The lowest BCUT2D eigenvalue weighted by Gasteiger charge is -2.23. The van der Waals surface area contributed by atoms with E-state index in [0.717, 1.165) is 11.4 Å². The second-order valence-corrected chi connectivity index (χ2v) is 5.36. The van der Waals surface area contributed by atoms with E-state index >= 15 is 0 Å². The summed E-state index contributed by atoms with van der Waals surface area (Å²) >= 11 is 12.3. The Morgan fingerprint density at radius 3 is 2.70 bits per heavy atom. The first-order valence-electron chi connectivity index (χ1n) is 6.28. The first kappa shape index (κ1) is 13.3. The molecular weight excluding hydrogens is 295 g/mol. The van der Waals surface area contributed by atoms with Crippen molar-refractivity contribution in [1.29, 1.82) is 0 Å². The van der Waals surface area contributed by atoms with Gasteiger partial charge in [-0.25, -0.2) is 0 Å². The lowest BCUT2D eigenvalue weighted by molar-refractivity contribution is -0.117. The number of benzene rings is 2. The molecule has 0 fully saturated rings. The van der Waals surface area contributed by atoms with Crippen LogP contribution >= 0.6 is 23.2 Å². The number of carbonyl (C=O) groups is 1. The molecule has 3 rings (SSSR count). The Balaban J connectivity index is 2.19. The maximum absolute atomic E-state index is 12.4. The molecule has 5 heteroatoms. The third-order valence-electron chi connectivity index (χ3n) is 3.20. The number of rotatable bonds is 1. The molecule has 0 spiro atoms. The van der Waals surface area contributed by atoms with Crippen molar-refractivity contribution in [3.63, 3.8) is 0 Å². The van der Waals surface area contributed by atoms with Crippen LogP contribution in [0.1, 0.15) is 6.42 Å². The monoisotopic (exact) mass is 306 g/mol. The van der Waals surface area contributed by atoms with Gasteiger partial charge in [-0.2, -0.15) is 0 Å². The predicted molar refractivity (Wildman–Crippen MR) is 83.2 cm³/mol. The second kappa shape index (κ2) is 5.35. The summed E-state index contributed by atoms with van der Waals surface area (Å²) in [7, 11) is 0. The molecule has 20 heavy (non-hydrogen) atoms. The molecule has 1 heterocycles. The van der Waals surface area contributed by atoms with Crippen molar-refractivity contribution in [2.75, 3.05) is 16.8 Å². The number of hydrogen-bond donors (Lipinski definition) is 1. The highest BCUT2D eigenvalue weighted by atomic mass is 35.5. The molecule has 1 amide bonds. The highest BCUT2D eigenvalue weighted by molar-refractivity contribution is 6.36. The number of para-hydroxylation sites is 2. The first-order valence-corrected chi connectivity index (χ1v) is 7.03. The van der Waals surface area contributed by atoms with Crippen molar-refractivity contribution in [1.82, 2.24) is 0 Å². The fraction of sp³-hybridized carbons (Fsp3) is 0.133. The van der Waals surface area contributed by atoms with Gasteiger partial charge in [0.25, 0.3) is 0 Å². The fourth-order valence-corrected chi connectivity index (χ4v) is 2.66. The summed E-state index contributed by atoms with van der Waals surface area (Å²) in [5.74, 6) is -0.00776. The van der Waals surface area contributed by atoms with E-state index in [-0.39, 0.29) is 5.91 Å². The highest BCUT2D eigenvalue weighted by Gasteiger charge is 2.25. The second-order valence-electron chi connectivity index (χ2n) is 4.52. The number of amides is 1. The lowest BCUT2D eigenvalue weighted by atomic mass is 10.2. The molecule has 0 aromatic heterocycles. The van der Waals surface area contributed by atoms with E-state index in [4.69, 9.17) is 23.2 Å². The molecule has 0 radical (unpaired) electrons. The summed E-state index contributed by atoms with van der Waals surface area (Å²) in [6.07, 6.45) is 0.400. The predicted octanol–water partition coefficient (Wildman–Crippen LogP) is 4.47. The molecule has 2 aromatic carbocycles. The molecule has 1 aliphatic rings. The molecular formula is C15H12Cl2N2O. The Hall–Kier alpha value is -1.71. The van der Waals surface area contributed by atoms with Crippen LogP contribution in [0.3, 0.4) is 0 Å². The van der Waals surface area contributed by atoms with Gasteiger partial charge in [0.2, 0.25) is 5.91 Å². The van der Waals surface area contributed by atoms with Crippen molar-refractivity contribution in [2.45, 2.75) is 6.42 Å². The Morgan fingerprint density at radius 2 is 1.85 bits per heavy atom. The molecule has 3 nitrogen and oxygen atoms in total. The van der Waals surface area contributed by atoms with Crippen molar-refractivity contribution in [3.05, 3.63) is 52.5 Å². The molecule has 1 N–H and O–H groups in total. The Morgan fingerprint density at radius 1 is 1.05 bits per heavy atom. The first-order chi connectivity index (χ1) is 9.66. The van der Waals surface area contributed by atoms with Crippen LogP contribution in [-0.4, -0.2) is 12.5 Å². The number of nitrogens with zero attached hydrogens (tertiary/aromatic N) is 1. The Kier molecular flexibility index (Phi) is 3.55. The third kappa shape index (κ3) is 2.35. The molecule has 2 aromatic rings. The van der Waals surface area contributed by atoms with Crippen molar-refractivity contribution in [2.24, 2.45) is 0 Å². The van der Waals surface area contributed by atoms with Gasteiger partial charge in [0.1, 0.15) is 0 Å². The van der Waals surface area contributed by atoms with E-state index in [2.05, 4.69) is 5.32 Å². The lowest BCUT2D eigenvalue weighted by Crippen LogP contribution is -2.25. The van der Waals surface area contributed by atoms with E-state index in [1.807, 2.05) is 24.3 Å². The number of halogens is 2. The molecule has 0 atom stereocenters. The van der Waals surface area contributed by atoms with Gasteiger partial charge in [0.05, 0.1) is 22.1 Å². The van der Waals surface area contributed by atoms with E-state index < -0.39 is 0 Å². The Bertz CT molecular complexity index is 673. The topological polar surface area (TPSA) is 32.3 Å². The molecule has 1 aliphatic heterocycles. The zero-order valence-corrected chi connectivity index (χ0v) is 12.1. The number of carbonyl (C=O) groups excluding carboxylic acids is 1. The number of hydrogen-bond acceptors (Lipinski definition) is 2.